The normalized spacial score (nSPS) is 20.4. The first-order chi connectivity index (χ1) is 10.5. The van der Waals surface area contributed by atoms with E-state index in [-0.39, 0.29) is 16.3 Å². The number of fused-ring (bicyclic) bond motifs is 4. The molecule has 2 aliphatic heterocycles. The Morgan fingerprint density at radius 2 is 2.14 bits per heavy atom. The molecule has 8 heteroatoms. The minimum atomic E-state index is -3.79. The fraction of sp³-hybridized carbons (Fsp3) is 0.357. The third-order valence-corrected chi connectivity index (χ3v) is 6.02. The quantitative estimate of drug-likeness (QED) is 0.786. The Bertz CT molecular complexity index is 849. The Kier molecular flexibility index (Phi) is 2.93. The second kappa shape index (κ2) is 4.63. The molecule has 0 N–H and O–H groups in total. The van der Waals surface area contributed by atoms with Gasteiger partial charge in [0.25, 0.3) is 10.0 Å². The molecule has 2 aromatic heterocycles. The highest BCUT2D eigenvalue weighted by Gasteiger charge is 2.44. The van der Waals surface area contributed by atoms with Gasteiger partial charge in [0.05, 0.1) is 11.7 Å². The Labute approximate surface area is 133 Å². The number of hydrogen-bond donors (Lipinski definition) is 0. The zero-order valence-electron chi connectivity index (χ0n) is 11.9. The van der Waals surface area contributed by atoms with E-state index in [2.05, 4.69) is 9.88 Å². The van der Waals surface area contributed by atoms with Crippen molar-refractivity contribution in [2.24, 2.45) is 0 Å². The first-order valence-electron chi connectivity index (χ1n) is 6.99. The molecule has 0 radical (unpaired) electrons. The van der Waals surface area contributed by atoms with E-state index in [1.807, 2.05) is 6.07 Å². The van der Waals surface area contributed by atoms with Crippen LogP contribution in [0.4, 0.5) is 11.5 Å². The molecule has 4 heterocycles. The maximum Gasteiger partial charge on any atom is 0.299 e. The second-order valence-corrected chi connectivity index (χ2v) is 7.66. The van der Waals surface area contributed by atoms with E-state index < -0.39 is 10.0 Å². The van der Waals surface area contributed by atoms with Crippen LogP contribution in [0, 0.1) is 6.92 Å². The smallest absolute Gasteiger partial charge is 0.299 e. The molecule has 0 spiro atoms. The minimum absolute atomic E-state index is 0.0573. The van der Waals surface area contributed by atoms with Gasteiger partial charge in [0.1, 0.15) is 10.9 Å². The molecule has 116 valence electrons. The number of halogens is 1. The van der Waals surface area contributed by atoms with Gasteiger partial charge < -0.3 is 9.32 Å². The summed E-state index contributed by atoms with van der Waals surface area (Å²) in [6, 6.07) is 6.48. The van der Waals surface area contributed by atoms with Gasteiger partial charge in [0.2, 0.25) is 5.09 Å². The molecule has 0 saturated carbocycles. The molecule has 0 amide bonds. The number of sulfonamides is 1. The minimum Gasteiger partial charge on any atom is -0.448 e. The summed E-state index contributed by atoms with van der Waals surface area (Å²) in [5.74, 6) is 0.943. The summed E-state index contributed by atoms with van der Waals surface area (Å²) in [4.78, 5) is 6.41. The lowest BCUT2D eigenvalue weighted by atomic mass is 10.2. The van der Waals surface area contributed by atoms with Gasteiger partial charge in [-0.3, -0.25) is 0 Å². The third-order valence-electron chi connectivity index (χ3n) is 4.09. The molecule has 6 nitrogen and oxygen atoms in total. The summed E-state index contributed by atoms with van der Waals surface area (Å²) < 4.78 is 32.7. The zero-order chi connectivity index (χ0) is 15.5. The number of anilines is 2. The lowest BCUT2D eigenvalue weighted by Crippen LogP contribution is -2.46. The molecular formula is C14H14ClN3O3S. The van der Waals surface area contributed by atoms with E-state index in [4.69, 9.17) is 16.0 Å². The van der Waals surface area contributed by atoms with Crippen LogP contribution in [-0.4, -0.2) is 32.5 Å². The average Bonchev–Trinajstić information content (AvgIpc) is 3.06. The number of pyridine rings is 1. The SMILES string of the molecule is Cc1ccc(S(=O)(=O)N2c3nc(Cl)ccc3N3CC[C@H]2C3)o1. The first kappa shape index (κ1) is 13.9. The summed E-state index contributed by atoms with van der Waals surface area (Å²) in [5, 5.41) is 0.218. The van der Waals surface area contributed by atoms with Crippen LogP contribution < -0.4 is 9.21 Å². The Balaban J connectivity index is 1.90. The van der Waals surface area contributed by atoms with Crippen molar-refractivity contribution >= 4 is 33.1 Å². The van der Waals surface area contributed by atoms with Crippen LogP contribution in [0.2, 0.25) is 5.15 Å². The Morgan fingerprint density at radius 3 is 2.86 bits per heavy atom. The van der Waals surface area contributed by atoms with Crippen LogP contribution in [0.3, 0.4) is 0 Å². The van der Waals surface area contributed by atoms with Gasteiger partial charge in [-0.15, -0.1) is 0 Å². The highest BCUT2D eigenvalue weighted by atomic mass is 35.5. The third kappa shape index (κ3) is 1.92. The van der Waals surface area contributed by atoms with Crippen LogP contribution >= 0.6 is 11.6 Å². The van der Waals surface area contributed by atoms with Crippen molar-refractivity contribution < 1.29 is 12.8 Å². The summed E-state index contributed by atoms with van der Waals surface area (Å²) in [6.45, 7) is 3.19. The summed E-state index contributed by atoms with van der Waals surface area (Å²) in [7, 11) is -3.79. The van der Waals surface area contributed by atoms with Crippen LogP contribution in [-0.2, 0) is 10.0 Å². The maximum absolute atomic E-state index is 13.0. The molecule has 22 heavy (non-hydrogen) atoms. The zero-order valence-corrected chi connectivity index (χ0v) is 13.4. The van der Waals surface area contributed by atoms with Gasteiger partial charge in [0, 0.05) is 13.1 Å². The number of aromatic nitrogens is 1. The van der Waals surface area contributed by atoms with Crippen molar-refractivity contribution in [3.05, 3.63) is 35.2 Å². The standard InChI is InChI=1S/C14H14ClN3O3S/c1-9-2-5-13(21-9)22(19,20)18-10-6-7-17(8-10)11-3-4-12(15)16-14(11)18/h2-5,10H,6-8H2,1H3/t10-/m0/s1. The summed E-state index contributed by atoms with van der Waals surface area (Å²) in [5.41, 5.74) is 0.796. The predicted octanol–water partition coefficient (Wildman–Crippen LogP) is 2.42. The molecule has 1 saturated heterocycles. The monoisotopic (exact) mass is 339 g/mol. The van der Waals surface area contributed by atoms with Crippen molar-refractivity contribution in [3.63, 3.8) is 0 Å². The molecule has 2 aromatic rings. The van der Waals surface area contributed by atoms with E-state index in [9.17, 15) is 8.42 Å². The number of aryl methyl sites for hydroxylation is 1. The van der Waals surface area contributed by atoms with Gasteiger partial charge in [-0.05, 0) is 37.6 Å². The van der Waals surface area contributed by atoms with E-state index in [1.165, 1.54) is 10.4 Å². The van der Waals surface area contributed by atoms with Crippen LogP contribution in [0.15, 0.2) is 33.8 Å². The highest BCUT2D eigenvalue weighted by molar-refractivity contribution is 7.92. The first-order valence-corrected chi connectivity index (χ1v) is 8.81. The highest BCUT2D eigenvalue weighted by Crippen LogP contribution is 2.42. The predicted molar refractivity (Wildman–Crippen MR) is 83.0 cm³/mol. The van der Waals surface area contributed by atoms with E-state index in [1.54, 1.807) is 19.1 Å². The molecule has 1 fully saturated rings. The molecular weight excluding hydrogens is 326 g/mol. The Morgan fingerprint density at radius 1 is 1.32 bits per heavy atom. The van der Waals surface area contributed by atoms with E-state index in [0.717, 1.165) is 18.7 Å². The van der Waals surface area contributed by atoms with E-state index >= 15 is 0 Å². The molecule has 1 atom stereocenters. The molecule has 2 aliphatic rings. The van der Waals surface area contributed by atoms with Crippen molar-refractivity contribution in [1.29, 1.82) is 0 Å². The number of rotatable bonds is 2. The van der Waals surface area contributed by atoms with Crippen molar-refractivity contribution in [3.8, 4) is 0 Å². The lowest BCUT2D eigenvalue weighted by molar-refractivity contribution is 0.426. The average molecular weight is 340 g/mol. The van der Waals surface area contributed by atoms with Gasteiger partial charge >= 0.3 is 0 Å². The fourth-order valence-electron chi connectivity index (χ4n) is 3.11. The van der Waals surface area contributed by atoms with Crippen LogP contribution in [0.1, 0.15) is 12.2 Å². The largest absolute Gasteiger partial charge is 0.448 e. The number of nitrogens with zero attached hydrogens (tertiary/aromatic N) is 3. The van der Waals surface area contributed by atoms with Gasteiger partial charge in [-0.2, -0.15) is 8.42 Å². The van der Waals surface area contributed by atoms with Crippen LogP contribution in [0.25, 0.3) is 0 Å². The van der Waals surface area contributed by atoms with Gasteiger partial charge in [-0.1, -0.05) is 11.6 Å². The number of hydrogen-bond acceptors (Lipinski definition) is 5. The molecule has 2 bridgehead atoms. The summed E-state index contributed by atoms with van der Waals surface area (Å²) in [6.07, 6.45) is 0.757. The van der Waals surface area contributed by atoms with Gasteiger partial charge in [0.15, 0.2) is 5.82 Å². The summed E-state index contributed by atoms with van der Waals surface area (Å²) >= 11 is 5.98. The molecule has 0 unspecified atom stereocenters. The second-order valence-electron chi connectivity index (χ2n) is 5.53. The van der Waals surface area contributed by atoms with Crippen molar-refractivity contribution in [2.75, 3.05) is 22.3 Å². The molecule has 0 aliphatic carbocycles. The van der Waals surface area contributed by atoms with Crippen molar-refractivity contribution in [2.45, 2.75) is 24.5 Å². The van der Waals surface area contributed by atoms with E-state index in [0.29, 0.717) is 18.1 Å². The Hall–Kier alpha value is -1.73. The number of furan rings is 1. The lowest BCUT2D eigenvalue weighted by Gasteiger charge is -2.35. The maximum atomic E-state index is 13.0. The topological polar surface area (TPSA) is 66.7 Å². The van der Waals surface area contributed by atoms with Crippen molar-refractivity contribution in [1.82, 2.24) is 4.98 Å². The molecule has 4 rings (SSSR count). The van der Waals surface area contributed by atoms with Crippen LogP contribution in [0.5, 0.6) is 0 Å². The fourth-order valence-corrected chi connectivity index (χ4v) is 4.85. The molecule has 0 aromatic carbocycles. The van der Waals surface area contributed by atoms with Gasteiger partial charge in [-0.25, -0.2) is 9.29 Å².